The number of carbonyl (C=O) groups is 1. The molecule has 1 fully saturated rings. The SMILES string of the molecule is CCOc1ccccc1C(=O)N1CC(c2nc(C)no2)C1. The summed E-state index contributed by atoms with van der Waals surface area (Å²) >= 11 is 0. The summed E-state index contributed by atoms with van der Waals surface area (Å²) < 4.78 is 10.6. The lowest BCUT2D eigenvalue weighted by atomic mass is 9.98. The first-order valence-corrected chi connectivity index (χ1v) is 7.00. The monoisotopic (exact) mass is 287 g/mol. The van der Waals surface area contributed by atoms with Crippen molar-refractivity contribution in [1.29, 1.82) is 0 Å². The summed E-state index contributed by atoms with van der Waals surface area (Å²) in [7, 11) is 0. The van der Waals surface area contributed by atoms with Crippen molar-refractivity contribution in [2.24, 2.45) is 0 Å². The van der Waals surface area contributed by atoms with Gasteiger partial charge >= 0.3 is 0 Å². The van der Waals surface area contributed by atoms with Gasteiger partial charge in [-0.1, -0.05) is 17.3 Å². The molecular formula is C15H17N3O3. The highest BCUT2D eigenvalue weighted by atomic mass is 16.5. The molecule has 6 heteroatoms. The Labute approximate surface area is 122 Å². The van der Waals surface area contributed by atoms with Crippen LogP contribution in [-0.2, 0) is 0 Å². The molecule has 0 atom stereocenters. The lowest BCUT2D eigenvalue weighted by Crippen LogP contribution is -2.48. The Morgan fingerprint density at radius 3 is 2.86 bits per heavy atom. The first-order chi connectivity index (χ1) is 10.2. The number of aryl methyl sites for hydroxylation is 1. The van der Waals surface area contributed by atoms with Gasteiger partial charge < -0.3 is 14.2 Å². The number of hydrogen-bond donors (Lipinski definition) is 0. The zero-order valence-corrected chi connectivity index (χ0v) is 12.1. The van der Waals surface area contributed by atoms with E-state index < -0.39 is 0 Å². The van der Waals surface area contributed by atoms with Gasteiger partial charge in [-0.25, -0.2) is 0 Å². The fourth-order valence-corrected chi connectivity index (χ4v) is 2.37. The molecule has 0 spiro atoms. The fourth-order valence-electron chi connectivity index (χ4n) is 2.37. The number of benzene rings is 1. The second-order valence-electron chi connectivity index (χ2n) is 5.02. The van der Waals surface area contributed by atoms with E-state index >= 15 is 0 Å². The van der Waals surface area contributed by atoms with Crippen LogP contribution in [0.2, 0.25) is 0 Å². The van der Waals surface area contributed by atoms with Crippen molar-refractivity contribution in [3.8, 4) is 5.75 Å². The standard InChI is InChI=1S/C15H17N3O3/c1-3-20-13-7-5-4-6-12(13)15(19)18-8-11(9-18)14-16-10(2)17-21-14/h4-7,11H,3,8-9H2,1-2H3. The minimum atomic E-state index is -0.0217. The molecule has 6 nitrogen and oxygen atoms in total. The molecule has 1 amide bonds. The van der Waals surface area contributed by atoms with Crippen molar-refractivity contribution in [2.75, 3.05) is 19.7 Å². The molecule has 1 aromatic heterocycles. The lowest BCUT2D eigenvalue weighted by molar-refractivity contribution is 0.0565. The van der Waals surface area contributed by atoms with Crippen molar-refractivity contribution < 1.29 is 14.1 Å². The van der Waals surface area contributed by atoms with Crippen LogP contribution in [0, 0.1) is 6.92 Å². The van der Waals surface area contributed by atoms with E-state index in [4.69, 9.17) is 9.26 Å². The van der Waals surface area contributed by atoms with E-state index in [9.17, 15) is 4.79 Å². The van der Waals surface area contributed by atoms with E-state index in [1.165, 1.54) is 0 Å². The highest BCUT2D eigenvalue weighted by molar-refractivity contribution is 5.97. The second kappa shape index (κ2) is 5.55. The highest BCUT2D eigenvalue weighted by Crippen LogP contribution is 2.29. The van der Waals surface area contributed by atoms with Gasteiger partial charge in [0.2, 0.25) is 5.89 Å². The van der Waals surface area contributed by atoms with Gasteiger partial charge in [0.25, 0.3) is 5.91 Å². The number of amides is 1. The Morgan fingerprint density at radius 1 is 1.43 bits per heavy atom. The van der Waals surface area contributed by atoms with E-state index in [0.29, 0.717) is 42.7 Å². The van der Waals surface area contributed by atoms with Crippen LogP contribution in [0.3, 0.4) is 0 Å². The molecule has 2 aromatic rings. The first-order valence-electron chi connectivity index (χ1n) is 7.00. The predicted molar refractivity (Wildman–Crippen MR) is 75.3 cm³/mol. The number of carbonyl (C=O) groups excluding carboxylic acids is 1. The third-order valence-corrected chi connectivity index (χ3v) is 3.48. The Morgan fingerprint density at radius 2 is 2.19 bits per heavy atom. The Balaban J connectivity index is 1.68. The number of ether oxygens (including phenoxy) is 1. The highest BCUT2D eigenvalue weighted by Gasteiger charge is 2.36. The predicted octanol–water partition coefficient (Wildman–Crippen LogP) is 2.02. The molecule has 110 valence electrons. The maximum atomic E-state index is 12.5. The normalized spacial score (nSPS) is 14.9. The lowest BCUT2D eigenvalue weighted by Gasteiger charge is -2.37. The van der Waals surface area contributed by atoms with Gasteiger partial charge in [-0.15, -0.1) is 0 Å². The van der Waals surface area contributed by atoms with Crippen molar-refractivity contribution in [3.63, 3.8) is 0 Å². The molecule has 0 bridgehead atoms. The zero-order chi connectivity index (χ0) is 14.8. The average Bonchev–Trinajstić information content (AvgIpc) is 2.84. The van der Waals surface area contributed by atoms with Crippen LogP contribution in [0.4, 0.5) is 0 Å². The summed E-state index contributed by atoms with van der Waals surface area (Å²) in [6.07, 6.45) is 0. The van der Waals surface area contributed by atoms with Gasteiger partial charge in [-0.3, -0.25) is 4.79 Å². The van der Waals surface area contributed by atoms with E-state index in [0.717, 1.165) is 0 Å². The number of rotatable bonds is 4. The van der Waals surface area contributed by atoms with Gasteiger partial charge in [0.15, 0.2) is 5.82 Å². The summed E-state index contributed by atoms with van der Waals surface area (Å²) in [6, 6.07) is 7.31. The summed E-state index contributed by atoms with van der Waals surface area (Å²) in [5.74, 6) is 1.97. The second-order valence-corrected chi connectivity index (χ2v) is 5.02. The average molecular weight is 287 g/mol. The minimum Gasteiger partial charge on any atom is -0.493 e. The number of nitrogens with zero attached hydrogens (tertiary/aromatic N) is 3. The summed E-state index contributed by atoms with van der Waals surface area (Å²) in [5, 5.41) is 3.78. The number of para-hydroxylation sites is 1. The van der Waals surface area contributed by atoms with E-state index in [-0.39, 0.29) is 11.8 Å². The Hall–Kier alpha value is -2.37. The van der Waals surface area contributed by atoms with Gasteiger partial charge in [0.1, 0.15) is 5.75 Å². The molecular weight excluding hydrogens is 270 g/mol. The molecule has 1 aromatic carbocycles. The topological polar surface area (TPSA) is 68.5 Å². The molecule has 0 aliphatic carbocycles. The van der Waals surface area contributed by atoms with E-state index in [1.54, 1.807) is 17.9 Å². The Bertz CT molecular complexity index is 647. The van der Waals surface area contributed by atoms with Gasteiger partial charge in [-0.05, 0) is 26.0 Å². The number of aromatic nitrogens is 2. The zero-order valence-electron chi connectivity index (χ0n) is 12.1. The minimum absolute atomic E-state index is 0.0217. The fraction of sp³-hybridized carbons (Fsp3) is 0.400. The van der Waals surface area contributed by atoms with Crippen LogP contribution >= 0.6 is 0 Å². The Kier molecular flexibility index (Phi) is 3.60. The molecule has 0 unspecified atom stereocenters. The summed E-state index contributed by atoms with van der Waals surface area (Å²) in [5.41, 5.74) is 0.597. The maximum Gasteiger partial charge on any atom is 0.257 e. The van der Waals surface area contributed by atoms with Crippen LogP contribution in [-0.4, -0.2) is 40.6 Å². The van der Waals surface area contributed by atoms with Crippen molar-refractivity contribution >= 4 is 5.91 Å². The van der Waals surface area contributed by atoms with Crippen LogP contribution in [0.5, 0.6) is 5.75 Å². The van der Waals surface area contributed by atoms with Crippen molar-refractivity contribution in [2.45, 2.75) is 19.8 Å². The third-order valence-electron chi connectivity index (χ3n) is 3.48. The van der Waals surface area contributed by atoms with Crippen LogP contribution in [0.25, 0.3) is 0 Å². The summed E-state index contributed by atoms with van der Waals surface area (Å²) in [4.78, 5) is 18.5. The molecule has 1 saturated heterocycles. The summed E-state index contributed by atoms with van der Waals surface area (Å²) in [6.45, 7) is 5.42. The first kappa shape index (κ1) is 13.6. The van der Waals surface area contributed by atoms with Crippen LogP contribution < -0.4 is 4.74 Å². The van der Waals surface area contributed by atoms with Gasteiger partial charge in [0.05, 0.1) is 18.1 Å². The largest absolute Gasteiger partial charge is 0.493 e. The van der Waals surface area contributed by atoms with Crippen molar-refractivity contribution in [1.82, 2.24) is 15.0 Å². The van der Waals surface area contributed by atoms with Crippen LogP contribution in [0.15, 0.2) is 28.8 Å². The quantitative estimate of drug-likeness (QED) is 0.860. The molecule has 3 rings (SSSR count). The molecule has 0 N–H and O–H groups in total. The van der Waals surface area contributed by atoms with E-state index in [2.05, 4.69) is 10.1 Å². The van der Waals surface area contributed by atoms with Gasteiger partial charge in [0, 0.05) is 13.1 Å². The number of hydrogen-bond acceptors (Lipinski definition) is 5. The van der Waals surface area contributed by atoms with E-state index in [1.807, 2.05) is 25.1 Å². The van der Waals surface area contributed by atoms with Gasteiger partial charge in [-0.2, -0.15) is 4.98 Å². The molecule has 2 heterocycles. The molecule has 1 aliphatic rings. The maximum absolute atomic E-state index is 12.5. The third kappa shape index (κ3) is 2.61. The number of likely N-dealkylation sites (tertiary alicyclic amines) is 1. The smallest absolute Gasteiger partial charge is 0.257 e. The molecule has 1 aliphatic heterocycles. The van der Waals surface area contributed by atoms with Crippen molar-refractivity contribution in [3.05, 3.63) is 41.5 Å². The molecule has 0 radical (unpaired) electrons. The molecule has 0 saturated carbocycles. The molecule has 21 heavy (non-hydrogen) atoms. The van der Waals surface area contributed by atoms with Crippen LogP contribution in [0.1, 0.15) is 34.9 Å².